The van der Waals surface area contributed by atoms with Gasteiger partial charge in [0.05, 0.1) is 37.0 Å². The summed E-state index contributed by atoms with van der Waals surface area (Å²) in [6.45, 7) is 3.67. The van der Waals surface area contributed by atoms with Gasteiger partial charge in [-0.25, -0.2) is 19.0 Å². The molecule has 0 spiro atoms. The summed E-state index contributed by atoms with van der Waals surface area (Å²) < 4.78 is 13.1. The van der Waals surface area contributed by atoms with Crippen molar-refractivity contribution in [3.05, 3.63) is 120 Å². The van der Waals surface area contributed by atoms with E-state index in [1.807, 2.05) is 12.1 Å². The minimum Gasteiger partial charge on any atom is -0.462 e. The molecule has 5 rings (SSSR count). The predicted molar refractivity (Wildman–Crippen MR) is 161 cm³/mol. The smallest absolute Gasteiger partial charge is 0.343 e. The predicted octanol–water partition coefficient (Wildman–Crippen LogP) is 4.92. The summed E-state index contributed by atoms with van der Waals surface area (Å²) in [7, 11) is 0. The van der Waals surface area contributed by atoms with Gasteiger partial charge in [-0.2, -0.15) is 10.2 Å². The SMILES string of the molecule is CCOC(=O)c1cnn(-c2ccccc2)c1NC(=O)c1ccc(C(=O)Nc2c(C(=O)OCC)cnn2-c2ccccc2)cc1. The van der Waals surface area contributed by atoms with Crippen molar-refractivity contribution in [3.8, 4) is 11.4 Å². The third kappa shape index (κ3) is 6.23. The zero-order valence-electron chi connectivity index (χ0n) is 23.9. The number of amides is 2. The summed E-state index contributed by atoms with van der Waals surface area (Å²) in [5.41, 5.74) is 1.88. The lowest BCUT2D eigenvalue weighted by Crippen LogP contribution is -2.19. The largest absolute Gasteiger partial charge is 0.462 e. The van der Waals surface area contributed by atoms with Crippen molar-refractivity contribution in [2.75, 3.05) is 23.8 Å². The third-order valence-electron chi connectivity index (χ3n) is 6.40. The van der Waals surface area contributed by atoms with E-state index in [2.05, 4.69) is 20.8 Å². The summed E-state index contributed by atoms with van der Waals surface area (Å²) in [6, 6.07) is 23.9. The topological polar surface area (TPSA) is 146 Å². The van der Waals surface area contributed by atoms with Gasteiger partial charge in [0.15, 0.2) is 11.6 Å². The van der Waals surface area contributed by atoms with Gasteiger partial charge in [0.25, 0.3) is 11.8 Å². The number of aromatic nitrogens is 4. The van der Waals surface area contributed by atoms with Crippen molar-refractivity contribution in [2.45, 2.75) is 13.8 Å². The standard InChI is InChI=1S/C32H28N6O6/c1-3-43-31(41)25-19-33-37(23-11-7-5-8-12-23)27(25)35-29(39)21-15-17-22(18-16-21)30(40)36-28-26(32(42)44-4-2)20-34-38(28)24-13-9-6-10-14-24/h5-20H,3-4H2,1-2H3,(H,35,39)(H,36,40). The molecule has 0 radical (unpaired) electrons. The fourth-order valence-corrected chi connectivity index (χ4v) is 4.32. The lowest BCUT2D eigenvalue weighted by atomic mass is 10.1. The van der Waals surface area contributed by atoms with Crippen LogP contribution < -0.4 is 10.6 Å². The van der Waals surface area contributed by atoms with E-state index in [4.69, 9.17) is 9.47 Å². The number of nitrogens with one attached hydrogen (secondary N) is 2. The van der Waals surface area contributed by atoms with E-state index in [9.17, 15) is 19.2 Å². The molecule has 222 valence electrons. The number of hydrogen-bond acceptors (Lipinski definition) is 8. The zero-order chi connectivity index (χ0) is 31.1. The van der Waals surface area contributed by atoms with E-state index in [0.717, 1.165) is 0 Å². The molecule has 12 nitrogen and oxygen atoms in total. The first-order valence-electron chi connectivity index (χ1n) is 13.7. The number of ether oxygens (including phenoxy) is 2. The van der Waals surface area contributed by atoms with E-state index in [-0.39, 0.29) is 47.1 Å². The Morgan fingerprint density at radius 1 is 0.591 bits per heavy atom. The van der Waals surface area contributed by atoms with Crippen LogP contribution in [-0.4, -0.2) is 56.5 Å². The summed E-state index contributed by atoms with van der Waals surface area (Å²) in [5.74, 6) is -2.05. The lowest BCUT2D eigenvalue weighted by Gasteiger charge is -2.12. The van der Waals surface area contributed by atoms with Crippen LogP contribution in [0.2, 0.25) is 0 Å². The monoisotopic (exact) mass is 592 g/mol. The second-order valence-electron chi connectivity index (χ2n) is 9.23. The Labute approximate surface area is 252 Å². The van der Waals surface area contributed by atoms with Gasteiger partial charge in [-0.3, -0.25) is 9.59 Å². The average molecular weight is 593 g/mol. The molecule has 0 aliphatic rings. The fourth-order valence-electron chi connectivity index (χ4n) is 4.32. The van der Waals surface area contributed by atoms with E-state index in [0.29, 0.717) is 11.4 Å². The van der Waals surface area contributed by atoms with Crippen LogP contribution in [0.5, 0.6) is 0 Å². The van der Waals surface area contributed by atoms with E-state index in [1.54, 1.807) is 62.4 Å². The molecule has 12 heteroatoms. The molecule has 2 amide bonds. The summed E-state index contributed by atoms with van der Waals surface area (Å²) in [5, 5.41) is 14.1. The second kappa shape index (κ2) is 13.3. The van der Waals surface area contributed by atoms with Crippen LogP contribution in [0.4, 0.5) is 11.6 Å². The number of carbonyl (C=O) groups is 4. The van der Waals surface area contributed by atoms with Crippen LogP contribution in [0, 0.1) is 0 Å². The molecule has 44 heavy (non-hydrogen) atoms. The molecule has 2 aromatic heterocycles. The zero-order valence-corrected chi connectivity index (χ0v) is 23.9. The molecule has 0 aliphatic heterocycles. The van der Waals surface area contributed by atoms with Crippen LogP contribution in [0.15, 0.2) is 97.3 Å². The maximum atomic E-state index is 13.3. The molecular formula is C32H28N6O6. The highest BCUT2D eigenvalue weighted by Crippen LogP contribution is 2.24. The lowest BCUT2D eigenvalue weighted by molar-refractivity contribution is 0.0517. The minimum atomic E-state index is -0.631. The van der Waals surface area contributed by atoms with Gasteiger partial charge in [0.2, 0.25) is 0 Å². The molecule has 5 aromatic rings. The first-order valence-corrected chi connectivity index (χ1v) is 13.7. The number of nitrogens with zero attached hydrogens (tertiary/aromatic N) is 4. The molecule has 2 heterocycles. The highest BCUT2D eigenvalue weighted by Gasteiger charge is 2.24. The molecule has 0 unspecified atom stereocenters. The van der Waals surface area contributed by atoms with Crippen molar-refractivity contribution in [1.29, 1.82) is 0 Å². The number of rotatable bonds is 10. The molecule has 0 atom stereocenters. The number of carbonyl (C=O) groups excluding carboxylic acids is 4. The molecule has 0 saturated carbocycles. The Hall–Kier alpha value is -6.04. The van der Waals surface area contributed by atoms with Gasteiger partial charge in [0.1, 0.15) is 11.1 Å². The Kier molecular flexibility index (Phi) is 8.90. The van der Waals surface area contributed by atoms with Crippen LogP contribution in [-0.2, 0) is 9.47 Å². The second-order valence-corrected chi connectivity index (χ2v) is 9.23. The first kappa shape index (κ1) is 29.5. The van der Waals surface area contributed by atoms with Crippen LogP contribution in [0.25, 0.3) is 11.4 Å². The summed E-state index contributed by atoms with van der Waals surface area (Å²) in [4.78, 5) is 51.7. The summed E-state index contributed by atoms with van der Waals surface area (Å²) >= 11 is 0. The Balaban J connectivity index is 1.38. The van der Waals surface area contributed by atoms with Crippen molar-refractivity contribution < 1.29 is 28.7 Å². The molecule has 3 aromatic carbocycles. The van der Waals surface area contributed by atoms with Gasteiger partial charge >= 0.3 is 11.9 Å². The Morgan fingerprint density at radius 3 is 1.30 bits per heavy atom. The first-order chi connectivity index (χ1) is 21.4. The van der Waals surface area contributed by atoms with Crippen molar-refractivity contribution in [1.82, 2.24) is 19.6 Å². The number of benzene rings is 3. The molecular weight excluding hydrogens is 564 g/mol. The molecule has 0 fully saturated rings. The van der Waals surface area contributed by atoms with Crippen LogP contribution in [0.3, 0.4) is 0 Å². The normalized spacial score (nSPS) is 10.6. The van der Waals surface area contributed by atoms with E-state index >= 15 is 0 Å². The maximum Gasteiger partial charge on any atom is 0.343 e. The number of para-hydroxylation sites is 2. The van der Waals surface area contributed by atoms with Gasteiger partial charge in [-0.05, 0) is 62.4 Å². The highest BCUT2D eigenvalue weighted by molar-refractivity contribution is 6.10. The number of hydrogen-bond donors (Lipinski definition) is 2. The van der Waals surface area contributed by atoms with Gasteiger partial charge in [-0.1, -0.05) is 36.4 Å². The quantitative estimate of drug-likeness (QED) is 0.217. The number of esters is 2. The maximum absolute atomic E-state index is 13.3. The number of anilines is 2. The van der Waals surface area contributed by atoms with Crippen molar-refractivity contribution in [3.63, 3.8) is 0 Å². The van der Waals surface area contributed by atoms with E-state index in [1.165, 1.54) is 46.0 Å². The molecule has 0 bridgehead atoms. The van der Waals surface area contributed by atoms with Crippen molar-refractivity contribution in [2.24, 2.45) is 0 Å². The van der Waals surface area contributed by atoms with Crippen LogP contribution >= 0.6 is 0 Å². The molecule has 0 aliphatic carbocycles. The highest BCUT2D eigenvalue weighted by atomic mass is 16.5. The summed E-state index contributed by atoms with van der Waals surface area (Å²) in [6.07, 6.45) is 2.66. The molecule has 0 saturated heterocycles. The molecule has 2 N–H and O–H groups in total. The van der Waals surface area contributed by atoms with E-state index < -0.39 is 23.8 Å². The Morgan fingerprint density at radius 2 is 0.955 bits per heavy atom. The fraction of sp³-hybridized carbons (Fsp3) is 0.125. The van der Waals surface area contributed by atoms with Crippen LogP contribution in [0.1, 0.15) is 55.3 Å². The minimum absolute atomic E-state index is 0.0903. The third-order valence-corrected chi connectivity index (χ3v) is 6.40. The Bertz CT molecular complexity index is 1660. The van der Waals surface area contributed by atoms with Crippen molar-refractivity contribution >= 4 is 35.4 Å². The van der Waals surface area contributed by atoms with Gasteiger partial charge in [0, 0.05) is 11.1 Å². The van der Waals surface area contributed by atoms with Gasteiger partial charge < -0.3 is 20.1 Å². The average Bonchev–Trinajstić information content (AvgIpc) is 3.66. The van der Waals surface area contributed by atoms with Gasteiger partial charge in [-0.15, -0.1) is 0 Å².